The van der Waals surface area contributed by atoms with Gasteiger partial charge in [-0.05, 0) is 38.8 Å². The molecule has 2 N–H and O–H groups in total. The van der Waals surface area contributed by atoms with Crippen molar-refractivity contribution in [2.75, 3.05) is 6.61 Å². The van der Waals surface area contributed by atoms with Crippen LogP contribution in [0.5, 0.6) is 11.5 Å². The molecule has 0 aliphatic rings. The zero-order chi connectivity index (χ0) is 14.7. The maximum atomic E-state index is 12.1. The second-order valence-corrected chi connectivity index (χ2v) is 5.06. The summed E-state index contributed by atoms with van der Waals surface area (Å²) in [4.78, 5) is 0. The molecule has 0 saturated carbocycles. The van der Waals surface area contributed by atoms with Gasteiger partial charge in [0.15, 0.2) is 0 Å². The second-order valence-electron chi connectivity index (χ2n) is 5.06. The minimum atomic E-state index is -4.70. The van der Waals surface area contributed by atoms with Gasteiger partial charge in [0.05, 0.1) is 6.61 Å². The lowest BCUT2D eigenvalue weighted by Crippen LogP contribution is -2.33. The van der Waals surface area contributed by atoms with Crippen molar-refractivity contribution in [3.05, 3.63) is 23.8 Å². The van der Waals surface area contributed by atoms with Gasteiger partial charge in [0.1, 0.15) is 11.5 Å². The van der Waals surface area contributed by atoms with E-state index in [2.05, 4.69) is 4.74 Å². The molecule has 19 heavy (non-hydrogen) atoms. The van der Waals surface area contributed by atoms with E-state index in [-0.39, 0.29) is 11.3 Å². The van der Waals surface area contributed by atoms with Gasteiger partial charge in [-0.15, -0.1) is 13.2 Å². The van der Waals surface area contributed by atoms with E-state index in [1.165, 1.54) is 18.2 Å². The Hall–Kier alpha value is -1.43. The summed E-state index contributed by atoms with van der Waals surface area (Å²) >= 11 is 0. The summed E-state index contributed by atoms with van der Waals surface area (Å²) in [6, 6.07) is 4.00. The van der Waals surface area contributed by atoms with Gasteiger partial charge in [0.25, 0.3) is 0 Å². The molecule has 0 amide bonds. The molecule has 0 radical (unpaired) electrons. The van der Waals surface area contributed by atoms with Crippen molar-refractivity contribution >= 4 is 0 Å². The summed E-state index contributed by atoms with van der Waals surface area (Å²) in [5.41, 5.74) is 6.16. The smallest absolute Gasteiger partial charge is 0.493 e. The van der Waals surface area contributed by atoms with E-state index in [0.29, 0.717) is 18.8 Å². The molecular weight excluding hydrogens is 259 g/mol. The molecule has 0 aliphatic carbocycles. The third kappa shape index (κ3) is 6.33. The Morgan fingerprint density at radius 3 is 2.37 bits per heavy atom. The van der Waals surface area contributed by atoms with E-state index in [0.717, 1.165) is 5.56 Å². The van der Waals surface area contributed by atoms with Crippen molar-refractivity contribution in [3.8, 4) is 11.5 Å². The summed E-state index contributed by atoms with van der Waals surface area (Å²) in [7, 11) is 0. The normalized spacial score (nSPS) is 12.4. The highest BCUT2D eigenvalue weighted by atomic mass is 19.4. The van der Waals surface area contributed by atoms with Crippen molar-refractivity contribution in [1.29, 1.82) is 0 Å². The monoisotopic (exact) mass is 277 g/mol. The minimum absolute atomic E-state index is 0.292. The fraction of sp³-hybridized carbons (Fsp3) is 0.538. The third-order valence-electron chi connectivity index (χ3n) is 2.40. The molecule has 1 aromatic carbocycles. The molecule has 0 spiro atoms. The van der Waals surface area contributed by atoms with Crippen molar-refractivity contribution in [3.63, 3.8) is 0 Å². The summed E-state index contributed by atoms with van der Waals surface area (Å²) in [6.45, 7) is 5.79. The van der Waals surface area contributed by atoms with E-state index in [4.69, 9.17) is 10.5 Å². The Balaban J connectivity index is 2.69. The first-order valence-electron chi connectivity index (χ1n) is 5.85. The lowest BCUT2D eigenvalue weighted by molar-refractivity contribution is -0.274. The summed E-state index contributed by atoms with van der Waals surface area (Å²) in [5, 5.41) is 0. The van der Waals surface area contributed by atoms with Gasteiger partial charge in [-0.25, -0.2) is 0 Å². The molecule has 6 heteroatoms. The highest BCUT2D eigenvalue weighted by molar-refractivity contribution is 5.39. The van der Waals surface area contributed by atoms with Gasteiger partial charge in [0, 0.05) is 11.6 Å². The third-order valence-corrected chi connectivity index (χ3v) is 2.40. The van der Waals surface area contributed by atoms with Crippen LogP contribution >= 0.6 is 0 Å². The predicted octanol–water partition coefficient (Wildman–Crippen LogP) is 3.40. The maximum Gasteiger partial charge on any atom is 0.573 e. The van der Waals surface area contributed by atoms with Gasteiger partial charge >= 0.3 is 6.36 Å². The Kier molecular flexibility index (Phi) is 4.68. The first-order valence-corrected chi connectivity index (χ1v) is 5.85. The van der Waals surface area contributed by atoms with Gasteiger partial charge < -0.3 is 15.2 Å². The number of benzene rings is 1. The quantitative estimate of drug-likeness (QED) is 0.897. The van der Waals surface area contributed by atoms with E-state index in [1.54, 1.807) is 6.92 Å². The number of halogens is 3. The van der Waals surface area contributed by atoms with Gasteiger partial charge in [-0.2, -0.15) is 0 Å². The molecule has 0 heterocycles. The fourth-order valence-corrected chi connectivity index (χ4v) is 1.36. The fourth-order valence-electron chi connectivity index (χ4n) is 1.36. The van der Waals surface area contributed by atoms with Crippen LogP contribution < -0.4 is 15.2 Å². The number of nitrogens with two attached hydrogens (primary N) is 1. The largest absolute Gasteiger partial charge is 0.573 e. The predicted molar refractivity (Wildman–Crippen MR) is 66.2 cm³/mol. The molecule has 3 nitrogen and oxygen atoms in total. The number of hydrogen-bond donors (Lipinski definition) is 1. The van der Waals surface area contributed by atoms with E-state index < -0.39 is 6.36 Å². The Morgan fingerprint density at radius 1 is 1.21 bits per heavy atom. The van der Waals surface area contributed by atoms with Crippen LogP contribution in [0.2, 0.25) is 0 Å². The van der Waals surface area contributed by atoms with Gasteiger partial charge in [0.2, 0.25) is 0 Å². The molecule has 0 unspecified atom stereocenters. The number of rotatable bonds is 5. The second kappa shape index (κ2) is 5.69. The van der Waals surface area contributed by atoms with Crippen LogP contribution in [0.25, 0.3) is 0 Å². The first-order chi connectivity index (χ1) is 8.57. The van der Waals surface area contributed by atoms with Crippen LogP contribution in [0.4, 0.5) is 13.2 Å². The Morgan fingerprint density at radius 2 is 1.84 bits per heavy atom. The summed E-state index contributed by atoms with van der Waals surface area (Å²) in [6.07, 6.45) is -4.11. The molecule has 0 saturated heterocycles. The molecule has 0 atom stereocenters. The molecule has 0 fully saturated rings. The van der Waals surface area contributed by atoms with E-state index in [9.17, 15) is 13.2 Å². The van der Waals surface area contributed by atoms with Gasteiger partial charge in [-0.3, -0.25) is 0 Å². The van der Waals surface area contributed by atoms with Gasteiger partial charge in [-0.1, -0.05) is 6.07 Å². The number of aryl methyl sites for hydroxylation is 1. The first kappa shape index (κ1) is 15.6. The van der Waals surface area contributed by atoms with Crippen molar-refractivity contribution in [2.45, 2.75) is 39.1 Å². The zero-order valence-corrected chi connectivity index (χ0v) is 11.2. The van der Waals surface area contributed by atoms with Crippen LogP contribution in [-0.4, -0.2) is 18.5 Å². The molecule has 108 valence electrons. The van der Waals surface area contributed by atoms with Crippen molar-refractivity contribution in [1.82, 2.24) is 0 Å². The number of ether oxygens (including phenoxy) is 2. The van der Waals surface area contributed by atoms with E-state index in [1.807, 2.05) is 13.8 Å². The summed E-state index contributed by atoms with van der Waals surface area (Å²) < 4.78 is 45.6. The molecule has 0 aromatic heterocycles. The zero-order valence-electron chi connectivity index (χ0n) is 11.2. The maximum absolute atomic E-state index is 12.1. The molecule has 0 bridgehead atoms. The Bertz CT molecular complexity index is 425. The minimum Gasteiger partial charge on any atom is -0.493 e. The lowest BCUT2D eigenvalue weighted by atomic mass is 10.0. The molecule has 1 rings (SSSR count). The topological polar surface area (TPSA) is 44.5 Å². The molecule has 1 aromatic rings. The highest BCUT2D eigenvalue weighted by Crippen LogP contribution is 2.28. The number of hydrogen-bond acceptors (Lipinski definition) is 3. The van der Waals surface area contributed by atoms with Crippen LogP contribution in [-0.2, 0) is 0 Å². The van der Waals surface area contributed by atoms with Crippen LogP contribution in [0, 0.1) is 6.92 Å². The molecular formula is C13H18F3NO2. The average molecular weight is 277 g/mol. The Labute approximate surface area is 110 Å². The van der Waals surface area contributed by atoms with Crippen LogP contribution in [0.15, 0.2) is 18.2 Å². The van der Waals surface area contributed by atoms with Crippen molar-refractivity contribution in [2.24, 2.45) is 5.73 Å². The van der Waals surface area contributed by atoms with Crippen molar-refractivity contribution < 1.29 is 22.6 Å². The highest BCUT2D eigenvalue weighted by Gasteiger charge is 2.31. The summed E-state index contributed by atoms with van der Waals surface area (Å²) in [5.74, 6) is 0.0751. The van der Waals surface area contributed by atoms with Crippen LogP contribution in [0.1, 0.15) is 25.8 Å². The SMILES string of the molecule is Cc1ccc(OC(F)(F)F)cc1OCCC(C)(C)N. The van der Waals surface area contributed by atoms with Crippen LogP contribution in [0.3, 0.4) is 0 Å². The van der Waals surface area contributed by atoms with E-state index >= 15 is 0 Å². The molecule has 0 aliphatic heterocycles. The number of alkyl halides is 3. The average Bonchev–Trinajstić information content (AvgIpc) is 2.18. The standard InChI is InChI=1S/C13H18F3NO2/c1-9-4-5-10(19-13(14,15)16)8-11(9)18-7-6-12(2,3)17/h4-5,8H,6-7,17H2,1-3H3. The lowest BCUT2D eigenvalue weighted by Gasteiger charge is -2.19.